The highest BCUT2D eigenvalue weighted by Gasteiger charge is 2.36. The van der Waals surface area contributed by atoms with Crippen LogP contribution in [-0.2, 0) is 9.53 Å². The first-order chi connectivity index (χ1) is 17.0. The van der Waals surface area contributed by atoms with Crippen LogP contribution in [0.25, 0.3) is 0 Å². The Morgan fingerprint density at radius 3 is 2.23 bits per heavy atom. The van der Waals surface area contributed by atoms with E-state index in [0.29, 0.717) is 68.6 Å². The molecule has 0 saturated carbocycles. The fourth-order valence-electron chi connectivity index (χ4n) is 4.51. The molecule has 2 saturated heterocycles. The minimum absolute atomic E-state index is 0.0170. The average Bonchev–Trinajstić information content (AvgIpc) is 2.90. The Hall–Kier alpha value is -3.33. The summed E-state index contributed by atoms with van der Waals surface area (Å²) >= 11 is 0. The summed E-state index contributed by atoms with van der Waals surface area (Å²) in [6.45, 7) is 2.98. The Labute approximate surface area is 204 Å². The number of likely N-dealkylation sites (tertiary alicyclic amines) is 1. The highest BCUT2D eigenvalue weighted by molar-refractivity contribution is 5.95. The highest BCUT2D eigenvalue weighted by Crippen LogP contribution is 2.29. The molecule has 0 aromatic heterocycles. The van der Waals surface area contributed by atoms with Crippen LogP contribution in [0.2, 0.25) is 0 Å². The van der Waals surface area contributed by atoms with E-state index in [1.165, 1.54) is 26.4 Å². The van der Waals surface area contributed by atoms with Crippen LogP contribution in [0.15, 0.2) is 42.5 Å². The minimum atomic E-state index is -0.342. The van der Waals surface area contributed by atoms with Gasteiger partial charge < -0.3 is 28.7 Å². The Bertz CT molecular complexity index is 1000. The number of ether oxygens (including phenoxy) is 4. The van der Waals surface area contributed by atoms with Gasteiger partial charge in [-0.15, -0.1) is 0 Å². The van der Waals surface area contributed by atoms with E-state index < -0.39 is 0 Å². The number of hydrogen-bond acceptors (Lipinski definition) is 6. The summed E-state index contributed by atoms with van der Waals surface area (Å²) in [6.07, 6.45) is 0.511. The van der Waals surface area contributed by atoms with Crippen LogP contribution in [0.1, 0.15) is 23.2 Å². The molecule has 2 fully saturated rings. The zero-order valence-electron chi connectivity index (χ0n) is 20.1. The molecule has 2 aliphatic rings. The fourth-order valence-corrected chi connectivity index (χ4v) is 4.51. The summed E-state index contributed by atoms with van der Waals surface area (Å²) in [7, 11) is 3.07. The van der Waals surface area contributed by atoms with E-state index in [2.05, 4.69) is 0 Å². The van der Waals surface area contributed by atoms with Gasteiger partial charge in [0.2, 0.25) is 5.91 Å². The zero-order valence-corrected chi connectivity index (χ0v) is 20.1. The number of amides is 2. The van der Waals surface area contributed by atoms with E-state index in [9.17, 15) is 14.0 Å². The number of morpholine rings is 1. The molecule has 2 aliphatic heterocycles. The van der Waals surface area contributed by atoms with Crippen LogP contribution in [0.5, 0.6) is 17.2 Å². The fraction of sp³-hybridized carbons (Fsp3) is 0.462. The number of carbonyl (C=O) groups is 2. The van der Waals surface area contributed by atoms with Crippen molar-refractivity contribution in [3.63, 3.8) is 0 Å². The summed E-state index contributed by atoms with van der Waals surface area (Å²) in [5.41, 5.74) is 0.456. The van der Waals surface area contributed by atoms with Crippen LogP contribution in [0.4, 0.5) is 4.39 Å². The molecule has 188 valence electrons. The molecule has 2 atom stereocenters. The van der Waals surface area contributed by atoms with Gasteiger partial charge in [-0.1, -0.05) is 0 Å². The quantitative estimate of drug-likeness (QED) is 0.599. The van der Waals surface area contributed by atoms with Crippen molar-refractivity contribution >= 4 is 11.8 Å². The summed E-state index contributed by atoms with van der Waals surface area (Å²) in [5.74, 6) is 0.890. The van der Waals surface area contributed by atoms with Crippen molar-refractivity contribution in [2.75, 3.05) is 53.6 Å². The summed E-state index contributed by atoms with van der Waals surface area (Å²) in [4.78, 5) is 30.0. The normalized spacial score (nSPS) is 20.3. The number of hydrogen-bond donors (Lipinski definition) is 0. The lowest BCUT2D eigenvalue weighted by Crippen LogP contribution is -2.50. The molecule has 2 amide bonds. The highest BCUT2D eigenvalue weighted by atomic mass is 19.1. The van der Waals surface area contributed by atoms with E-state index >= 15 is 0 Å². The molecule has 4 rings (SSSR count). The van der Waals surface area contributed by atoms with Gasteiger partial charge in [-0.25, -0.2) is 4.39 Å². The van der Waals surface area contributed by atoms with Crippen LogP contribution in [0, 0.1) is 11.7 Å². The lowest BCUT2D eigenvalue weighted by molar-refractivity contribution is -0.137. The second-order valence-corrected chi connectivity index (χ2v) is 8.71. The SMILES string of the molecule is COc1cc(OC)cc(C(=O)N2CC[C@H](Oc3ccc(F)cc3)[C@@H](CC(=O)N3CCOCC3)C2)c1. The third-order valence-corrected chi connectivity index (χ3v) is 6.45. The molecule has 0 aliphatic carbocycles. The predicted octanol–water partition coefficient (Wildman–Crippen LogP) is 3.00. The first kappa shape index (κ1) is 24.8. The Balaban J connectivity index is 1.52. The largest absolute Gasteiger partial charge is 0.497 e. The maximum absolute atomic E-state index is 13.4. The first-order valence-corrected chi connectivity index (χ1v) is 11.8. The second kappa shape index (κ2) is 11.4. The van der Waals surface area contributed by atoms with Crippen molar-refractivity contribution in [3.8, 4) is 17.2 Å². The molecule has 35 heavy (non-hydrogen) atoms. The molecule has 0 radical (unpaired) electrons. The molecule has 0 bridgehead atoms. The standard InChI is InChI=1S/C26H31FN2O6/c1-32-22-13-18(14-23(16-22)33-2)26(31)29-8-7-24(35-21-5-3-20(27)4-6-21)19(17-29)15-25(30)28-9-11-34-12-10-28/h3-6,13-14,16,19,24H,7-12,15,17H2,1-2H3/t19-,24-/m0/s1. The second-order valence-electron chi connectivity index (χ2n) is 8.71. The number of carbonyl (C=O) groups excluding carboxylic acids is 2. The van der Waals surface area contributed by atoms with E-state index in [1.807, 2.05) is 0 Å². The maximum Gasteiger partial charge on any atom is 0.254 e. The van der Waals surface area contributed by atoms with Crippen LogP contribution in [-0.4, -0.2) is 81.3 Å². The van der Waals surface area contributed by atoms with Gasteiger partial charge in [0.25, 0.3) is 5.91 Å². The van der Waals surface area contributed by atoms with Gasteiger partial charge in [-0.2, -0.15) is 0 Å². The molecular weight excluding hydrogens is 455 g/mol. The van der Waals surface area contributed by atoms with E-state index in [4.69, 9.17) is 18.9 Å². The van der Waals surface area contributed by atoms with E-state index in [-0.39, 0.29) is 36.1 Å². The third kappa shape index (κ3) is 6.22. The Kier molecular flexibility index (Phi) is 8.07. The third-order valence-electron chi connectivity index (χ3n) is 6.45. The van der Waals surface area contributed by atoms with Crippen molar-refractivity contribution in [1.29, 1.82) is 0 Å². The van der Waals surface area contributed by atoms with Gasteiger partial charge in [0.1, 0.15) is 29.2 Å². The van der Waals surface area contributed by atoms with E-state index in [1.54, 1.807) is 40.1 Å². The first-order valence-electron chi connectivity index (χ1n) is 11.8. The van der Waals surface area contributed by atoms with E-state index in [0.717, 1.165) is 0 Å². The van der Waals surface area contributed by atoms with Gasteiger partial charge >= 0.3 is 0 Å². The molecule has 9 heteroatoms. The molecule has 0 spiro atoms. The molecule has 8 nitrogen and oxygen atoms in total. The lowest BCUT2D eigenvalue weighted by Gasteiger charge is -2.39. The van der Waals surface area contributed by atoms with Crippen LogP contribution < -0.4 is 14.2 Å². The molecule has 2 aromatic rings. The zero-order chi connectivity index (χ0) is 24.8. The van der Waals surface area contributed by atoms with Gasteiger partial charge in [0, 0.05) is 56.6 Å². The van der Waals surface area contributed by atoms with Crippen molar-refractivity contribution in [1.82, 2.24) is 9.80 Å². The smallest absolute Gasteiger partial charge is 0.254 e. The number of benzene rings is 2. The maximum atomic E-state index is 13.4. The molecule has 2 aromatic carbocycles. The van der Waals surface area contributed by atoms with Crippen LogP contribution >= 0.6 is 0 Å². The Morgan fingerprint density at radius 2 is 1.60 bits per heavy atom. The lowest BCUT2D eigenvalue weighted by atomic mass is 9.90. The summed E-state index contributed by atoms with van der Waals surface area (Å²) < 4.78 is 35.5. The number of methoxy groups -OCH3 is 2. The number of nitrogens with zero attached hydrogens (tertiary/aromatic N) is 2. The topological polar surface area (TPSA) is 77.5 Å². The summed E-state index contributed by atoms with van der Waals surface area (Å²) in [6, 6.07) is 10.9. The van der Waals surface area contributed by atoms with Gasteiger partial charge in [0.15, 0.2) is 0 Å². The summed E-state index contributed by atoms with van der Waals surface area (Å²) in [5, 5.41) is 0. The monoisotopic (exact) mass is 486 g/mol. The van der Waals surface area contributed by atoms with Gasteiger partial charge in [-0.3, -0.25) is 9.59 Å². The molecule has 2 heterocycles. The van der Waals surface area contributed by atoms with Crippen molar-refractivity contribution < 1.29 is 32.9 Å². The minimum Gasteiger partial charge on any atom is -0.497 e. The molecule has 0 unspecified atom stereocenters. The van der Waals surface area contributed by atoms with Crippen molar-refractivity contribution in [2.45, 2.75) is 18.9 Å². The average molecular weight is 487 g/mol. The predicted molar refractivity (Wildman–Crippen MR) is 126 cm³/mol. The van der Waals surface area contributed by atoms with Crippen molar-refractivity contribution in [2.24, 2.45) is 5.92 Å². The number of piperidine rings is 1. The Morgan fingerprint density at radius 1 is 0.943 bits per heavy atom. The number of rotatable bonds is 7. The van der Waals surface area contributed by atoms with Crippen LogP contribution in [0.3, 0.4) is 0 Å². The molecule has 0 N–H and O–H groups in total. The van der Waals surface area contributed by atoms with Gasteiger partial charge in [-0.05, 0) is 36.4 Å². The van der Waals surface area contributed by atoms with Gasteiger partial charge in [0.05, 0.1) is 27.4 Å². The molecular formula is C26H31FN2O6. The number of halogens is 1. The van der Waals surface area contributed by atoms with Crippen molar-refractivity contribution in [3.05, 3.63) is 53.8 Å².